The molecule has 8 rings (SSSR count). The zero-order valence-electron chi connectivity index (χ0n) is 26.9. The molecule has 16 nitrogen and oxygen atoms in total. The number of rotatable bonds is 5. The summed E-state index contributed by atoms with van der Waals surface area (Å²) >= 11 is 0. The lowest BCUT2D eigenvalue weighted by molar-refractivity contribution is 0.401. The Labute approximate surface area is 296 Å². The molecule has 8 aromatic rings. The van der Waals surface area contributed by atoms with Gasteiger partial charge in [0.05, 0.1) is 43.8 Å². The van der Waals surface area contributed by atoms with Crippen LogP contribution >= 0.6 is 0 Å². The fraction of sp³-hybridized carbons (Fsp3) is 0.0526. The fourth-order valence-corrected chi connectivity index (χ4v) is 6.80. The maximum absolute atomic E-state index is 14.1. The predicted molar refractivity (Wildman–Crippen MR) is 187 cm³/mol. The molecule has 0 saturated carbocycles. The van der Waals surface area contributed by atoms with Crippen molar-refractivity contribution in [1.29, 1.82) is 0 Å². The zero-order chi connectivity index (χ0) is 38.3. The molecular formula is C38H22O16. The van der Waals surface area contributed by atoms with Crippen LogP contribution in [0.25, 0.3) is 43.9 Å². The highest BCUT2D eigenvalue weighted by molar-refractivity contribution is 5.90. The van der Waals surface area contributed by atoms with Crippen LogP contribution < -0.4 is 22.5 Å². The SMILES string of the molecule is O=c1oc2cc(O)ccc2c(O)c1C(c1c(O)c2ccc(O)cc2oc1=O)C(c1c(O)c2ccc(O)cc2oc1=O)c1c(O)c2ccc(O)cc2oc1=O. The van der Waals surface area contributed by atoms with E-state index in [1.54, 1.807) is 0 Å². The van der Waals surface area contributed by atoms with E-state index in [9.17, 15) is 60.0 Å². The summed E-state index contributed by atoms with van der Waals surface area (Å²) in [5.41, 5.74) is -10.9. The van der Waals surface area contributed by atoms with Crippen molar-refractivity contribution in [2.45, 2.75) is 11.8 Å². The molecule has 54 heavy (non-hydrogen) atoms. The Morgan fingerprint density at radius 3 is 0.741 bits per heavy atom. The van der Waals surface area contributed by atoms with Crippen molar-refractivity contribution in [3.63, 3.8) is 0 Å². The number of hydrogen-bond donors (Lipinski definition) is 8. The lowest BCUT2D eigenvalue weighted by atomic mass is 9.73. The number of fused-ring (bicyclic) bond motifs is 4. The number of phenolic OH excluding ortho intramolecular Hbond substituents is 4. The number of hydrogen-bond acceptors (Lipinski definition) is 16. The molecule has 270 valence electrons. The quantitative estimate of drug-likeness (QED) is 0.111. The summed E-state index contributed by atoms with van der Waals surface area (Å²) in [7, 11) is 0. The molecule has 0 radical (unpaired) electrons. The summed E-state index contributed by atoms with van der Waals surface area (Å²) in [5, 5.41) is 86.5. The third-order valence-electron chi connectivity index (χ3n) is 9.17. The lowest BCUT2D eigenvalue weighted by Crippen LogP contribution is -2.31. The minimum atomic E-state index is -2.32. The highest BCUT2D eigenvalue weighted by Crippen LogP contribution is 2.52. The highest BCUT2D eigenvalue weighted by Gasteiger charge is 2.44. The predicted octanol–water partition coefficient (Wildman–Crippen LogP) is 4.72. The molecule has 0 amide bonds. The minimum absolute atomic E-state index is 0.253. The molecule has 8 N–H and O–H groups in total. The third kappa shape index (κ3) is 5.00. The van der Waals surface area contributed by atoms with E-state index in [0.717, 1.165) is 72.8 Å². The Morgan fingerprint density at radius 1 is 0.333 bits per heavy atom. The van der Waals surface area contributed by atoms with Gasteiger partial charge in [0.15, 0.2) is 0 Å². The standard InChI is InChI=1S/C38H22O16/c39-13-1-5-17-21(9-13)51-35(47)27(31(17)43)25(28-32(44)18-6-2-14(40)10-22(18)52-36(28)48)26(29-33(45)19-7-3-15(41)11-23(19)53-37(29)49)30-34(46)20-8-4-16(42)12-24(20)54-38(30)50/h1-12,25-26,39-46H. The molecular weight excluding hydrogens is 712 g/mol. The molecule has 0 unspecified atom stereocenters. The molecule has 0 aliphatic heterocycles. The van der Waals surface area contributed by atoms with Gasteiger partial charge in [0.2, 0.25) is 0 Å². The number of benzene rings is 4. The van der Waals surface area contributed by atoms with Crippen molar-refractivity contribution in [2.24, 2.45) is 0 Å². The van der Waals surface area contributed by atoms with Gasteiger partial charge in [-0.2, -0.15) is 0 Å². The summed E-state index contributed by atoms with van der Waals surface area (Å²) in [5.74, 6) is -9.96. The molecule has 0 aliphatic rings. The largest absolute Gasteiger partial charge is 0.508 e. The Hall–Kier alpha value is -7.88. The zero-order valence-corrected chi connectivity index (χ0v) is 26.9. The molecule has 16 heteroatoms. The summed E-state index contributed by atoms with van der Waals surface area (Å²) in [6.45, 7) is 0. The van der Waals surface area contributed by atoms with Crippen LogP contribution in [-0.4, -0.2) is 40.9 Å². The van der Waals surface area contributed by atoms with E-state index in [4.69, 9.17) is 17.7 Å². The van der Waals surface area contributed by atoms with E-state index < -0.39 is 79.6 Å². The molecule has 0 bridgehead atoms. The van der Waals surface area contributed by atoms with Gasteiger partial charge in [0.1, 0.15) is 68.3 Å². The molecule has 0 aliphatic carbocycles. The van der Waals surface area contributed by atoms with Gasteiger partial charge in [-0.15, -0.1) is 0 Å². The van der Waals surface area contributed by atoms with Crippen LogP contribution in [0, 0.1) is 0 Å². The van der Waals surface area contributed by atoms with Crippen molar-refractivity contribution in [1.82, 2.24) is 0 Å². The second kappa shape index (κ2) is 11.8. The summed E-state index contributed by atoms with van der Waals surface area (Å²) in [6, 6.07) is 12.9. The number of phenols is 4. The Bertz CT molecular complexity index is 2730. The molecule has 0 saturated heterocycles. The molecule has 0 spiro atoms. The first-order valence-electron chi connectivity index (χ1n) is 15.7. The van der Waals surface area contributed by atoms with E-state index >= 15 is 0 Å². The summed E-state index contributed by atoms with van der Waals surface area (Å²) in [6.07, 6.45) is 0. The van der Waals surface area contributed by atoms with Crippen molar-refractivity contribution < 1.29 is 58.5 Å². The summed E-state index contributed by atoms with van der Waals surface area (Å²) < 4.78 is 21.8. The van der Waals surface area contributed by atoms with Gasteiger partial charge < -0.3 is 58.5 Å². The Morgan fingerprint density at radius 2 is 0.537 bits per heavy atom. The van der Waals surface area contributed by atoms with Crippen LogP contribution in [0.5, 0.6) is 46.0 Å². The number of aromatic hydroxyl groups is 8. The van der Waals surface area contributed by atoms with E-state index in [2.05, 4.69) is 0 Å². The van der Waals surface area contributed by atoms with Crippen molar-refractivity contribution in [2.75, 3.05) is 0 Å². The first kappa shape index (κ1) is 33.3. The van der Waals surface area contributed by atoms with E-state index in [0.29, 0.717) is 0 Å². The summed E-state index contributed by atoms with van der Waals surface area (Å²) in [4.78, 5) is 56.3. The topological polar surface area (TPSA) is 283 Å². The van der Waals surface area contributed by atoms with Gasteiger partial charge in [-0.1, -0.05) is 0 Å². The van der Waals surface area contributed by atoms with Crippen molar-refractivity contribution in [3.8, 4) is 46.0 Å². The van der Waals surface area contributed by atoms with Crippen LogP contribution in [-0.2, 0) is 0 Å². The normalized spacial score (nSPS) is 11.8. The van der Waals surface area contributed by atoms with E-state index in [1.807, 2.05) is 0 Å². The van der Waals surface area contributed by atoms with Gasteiger partial charge in [0.25, 0.3) is 0 Å². The van der Waals surface area contributed by atoms with Gasteiger partial charge in [0, 0.05) is 36.1 Å². The highest BCUT2D eigenvalue weighted by atomic mass is 16.4. The molecule has 0 atom stereocenters. The smallest absolute Gasteiger partial charge is 0.343 e. The molecule has 4 heterocycles. The van der Waals surface area contributed by atoms with Gasteiger partial charge in [-0.05, 0) is 48.5 Å². The van der Waals surface area contributed by atoms with Crippen LogP contribution in [0.1, 0.15) is 34.1 Å². The van der Waals surface area contributed by atoms with Gasteiger partial charge >= 0.3 is 22.5 Å². The second-order valence-electron chi connectivity index (χ2n) is 12.3. The molecule has 0 fully saturated rings. The first-order valence-corrected chi connectivity index (χ1v) is 15.7. The van der Waals surface area contributed by atoms with Crippen LogP contribution in [0.2, 0.25) is 0 Å². The average molecular weight is 735 g/mol. The average Bonchev–Trinajstić information content (AvgIpc) is 3.09. The first-order chi connectivity index (χ1) is 25.7. The minimum Gasteiger partial charge on any atom is -0.508 e. The van der Waals surface area contributed by atoms with Crippen molar-refractivity contribution in [3.05, 3.63) is 137 Å². The van der Waals surface area contributed by atoms with Gasteiger partial charge in [-0.25, -0.2) is 19.2 Å². The Balaban J connectivity index is 1.61. The maximum atomic E-state index is 14.1. The molecule has 4 aromatic carbocycles. The van der Waals surface area contributed by atoms with Crippen LogP contribution in [0.4, 0.5) is 0 Å². The van der Waals surface area contributed by atoms with Gasteiger partial charge in [-0.3, -0.25) is 0 Å². The molecule has 4 aromatic heterocycles. The van der Waals surface area contributed by atoms with E-state index in [-0.39, 0.29) is 66.9 Å². The van der Waals surface area contributed by atoms with Crippen molar-refractivity contribution >= 4 is 43.9 Å². The second-order valence-corrected chi connectivity index (χ2v) is 12.3. The van der Waals surface area contributed by atoms with Crippen LogP contribution in [0.3, 0.4) is 0 Å². The monoisotopic (exact) mass is 734 g/mol. The van der Waals surface area contributed by atoms with Crippen LogP contribution in [0.15, 0.2) is 110 Å². The third-order valence-corrected chi connectivity index (χ3v) is 9.17. The maximum Gasteiger partial charge on any atom is 0.343 e. The van der Waals surface area contributed by atoms with E-state index in [1.165, 1.54) is 0 Å². The fourth-order valence-electron chi connectivity index (χ4n) is 6.80. The Kier molecular flexibility index (Phi) is 7.30. The lowest BCUT2D eigenvalue weighted by Gasteiger charge is -2.28.